The van der Waals surface area contributed by atoms with Crippen LogP contribution in [0, 0.1) is 6.92 Å². The number of carbonyl (C=O) groups is 1. The van der Waals surface area contributed by atoms with Crippen molar-refractivity contribution in [2.24, 2.45) is 0 Å². The molecule has 3 aromatic rings. The highest BCUT2D eigenvalue weighted by molar-refractivity contribution is 7.09. The van der Waals surface area contributed by atoms with Gasteiger partial charge in [-0.25, -0.2) is 9.67 Å². The van der Waals surface area contributed by atoms with E-state index >= 15 is 0 Å². The lowest BCUT2D eigenvalue weighted by Crippen LogP contribution is -2.32. The van der Waals surface area contributed by atoms with E-state index in [1.807, 2.05) is 38.1 Å². The molecule has 0 radical (unpaired) electrons. The first-order chi connectivity index (χ1) is 13.1. The number of thiazole rings is 1. The quantitative estimate of drug-likeness (QED) is 0.676. The molecule has 0 fully saturated rings. The molecule has 27 heavy (non-hydrogen) atoms. The molecular formula is C19H20N4O3S. The van der Waals surface area contributed by atoms with Crippen molar-refractivity contribution in [2.45, 2.75) is 20.4 Å². The van der Waals surface area contributed by atoms with E-state index in [0.29, 0.717) is 18.0 Å². The number of aryl methyl sites for hydroxylation is 1. The number of hydrogen-bond acceptors (Lipinski definition) is 6. The second kappa shape index (κ2) is 8.59. The molecule has 0 atom stereocenters. The maximum absolute atomic E-state index is 12.0. The predicted octanol–water partition coefficient (Wildman–Crippen LogP) is 2.50. The predicted molar refractivity (Wildman–Crippen MR) is 104 cm³/mol. The van der Waals surface area contributed by atoms with Gasteiger partial charge in [-0.3, -0.25) is 9.59 Å². The molecule has 7 nitrogen and oxygen atoms in total. The summed E-state index contributed by atoms with van der Waals surface area (Å²) in [5, 5.41) is 9.69. The van der Waals surface area contributed by atoms with Gasteiger partial charge in [-0.05, 0) is 44.2 Å². The van der Waals surface area contributed by atoms with Crippen molar-refractivity contribution in [3.8, 4) is 17.0 Å². The number of carbonyl (C=O) groups excluding carboxylic acids is 1. The normalized spacial score (nSPS) is 10.6. The molecule has 1 aromatic carbocycles. The van der Waals surface area contributed by atoms with Gasteiger partial charge in [0.2, 0.25) is 0 Å². The summed E-state index contributed by atoms with van der Waals surface area (Å²) in [5.41, 5.74) is 1.73. The van der Waals surface area contributed by atoms with Crippen LogP contribution in [-0.4, -0.2) is 33.8 Å². The van der Waals surface area contributed by atoms with E-state index < -0.39 is 0 Å². The topological polar surface area (TPSA) is 86.1 Å². The maximum atomic E-state index is 12.0. The first-order valence-electron chi connectivity index (χ1n) is 8.58. The zero-order chi connectivity index (χ0) is 19.2. The van der Waals surface area contributed by atoms with Gasteiger partial charge in [-0.1, -0.05) is 0 Å². The lowest BCUT2D eigenvalue weighted by atomic mass is 10.1. The molecule has 0 saturated heterocycles. The van der Waals surface area contributed by atoms with Gasteiger partial charge in [0.25, 0.3) is 11.5 Å². The second-order valence-corrected chi connectivity index (χ2v) is 6.81. The first kappa shape index (κ1) is 18.8. The Bertz CT molecular complexity index is 979. The molecule has 0 aliphatic carbocycles. The highest BCUT2D eigenvalue weighted by Gasteiger charge is 2.09. The summed E-state index contributed by atoms with van der Waals surface area (Å²) in [6, 6.07) is 10.7. The summed E-state index contributed by atoms with van der Waals surface area (Å²) >= 11 is 1.42. The highest BCUT2D eigenvalue weighted by atomic mass is 32.1. The van der Waals surface area contributed by atoms with Crippen molar-refractivity contribution >= 4 is 17.2 Å². The Kier molecular flexibility index (Phi) is 5.97. The van der Waals surface area contributed by atoms with E-state index in [9.17, 15) is 9.59 Å². The third-order valence-electron chi connectivity index (χ3n) is 3.79. The summed E-state index contributed by atoms with van der Waals surface area (Å²) in [6.45, 7) is 4.94. The fourth-order valence-electron chi connectivity index (χ4n) is 2.49. The zero-order valence-corrected chi connectivity index (χ0v) is 16.0. The standard InChI is InChI=1S/C19H20N4O3S/c1-3-26-15-6-4-14(5-7-15)16-8-9-18(24)23(22-16)11-10-20-19(25)17-12-27-13(2)21-17/h4-9,12H,3,10-11H2,1-2H3,(H,20,25). The Morgan fingerprint density at radius 2 is 2.00 bits per heavy atom. The number of hydrogen-bond donors (Lipinski definition) is 1. The summed E-state index contributed by atoms with van der Waals surface area (Å²) in [7, 11) is 0. The minimum absolute atomic E-state index is 0.219. The van der Waals surface area contributed by atoms with E-state index in [4.69, 9.17) is 4.74 Å². The molecule has 2 heterocycles. The summed E-state index contributed by atoms with van der Waals surface area (Å²) in [4.78, 5) is 28.2. The van der Waals surface area contributed by atoms with Gasteiger partial charge in [-0.2, -0.15) is 5.10 Å². The zero-order valence-electron chi connectivity index (χ0n) is 15.1. The summed E-state index contributed by atoms with van der Waals surface area (Å²) < 4.78 is 6.78. The smallest absolute Gasteiger partial charge is 0.270 e. The minimum Gasteiger partial charge on any atom is -0.494 e. The van der Waals surface area contributed by atoms with E-state index in [1.165, 1.54) is 22.1 Å². The van der Waals surface area contributed by atoms with Crippen LogP contribution < -0.4 is 15.6 Å². The van der Waals surface area contributed by atoms with Crippen LogP contribution in [0.1, 0.15) is 22.4 Å². The molecule has 2 aromatic heterocycles. The number of amides is 1. The Balaban J connectivity index is 1.66. The van der Waals surface area contributed by atoms with Crippen LogP contribution in [0.15, 0.2) is 46.6 Å². The summed E-state index contributed by atoms with van der Waals surface area (Å²) in [6.07, 6.45) is 0. The van der Waals surface area contributed by atoms with Crippen molar-refractivity contribution in [3.05, 3.63) is 62.8 Å². The van der Waals surface area contributed by atoms with Crippen LogP contribution in [-0.2, 0) is 6.54 Å². The number of nitrogens with zero attached hydrogens (tertiary/aromatic N) is 3. The van der Waals surface area contributed by atoms with Crippen LogP contribution in [0.5, 0.6) is 5.75 Å². The SMILES string of the molecule is CCOc1ccc(-c2ccc(=O)n(CCNC(=O)c3csc(C)n3)n2)cc1. The Morgan fingerprint density at radius 3 is 2.67 bits per heavy atom. The van der Waals surface area contributed by atoms with Crippen LogP contribution in [0.4, 0.5) is 0 Å². The number of aromatic nitrogens is 3. The fraction of sp³-hybridized carbons (Fsp3) is 0.263. The molecule has 0 unspecified atom stereocenters. The summed E-state index contributed by atoms with van der Waals surface area (Å²) in [5.74, 6) is 0.532. The molecule has 140 valence electrons. The van der Waals surface area contributed by atoms with Crippen LogP contribution >= 0.6 is 11.3 Å². The molecule has 0 aliphatic rings. The fourth-order valence-corrected chi connectivity index (χ4v) is 3.08. The third kappa shape index (κ3) is 4.79. The van der Waals surface area contributed by atoms with Crippen LogP contribution in [0.3, 0.4) is 0 Å². The monoisotopic (exact) mass is 384 g/mol. The molecule has 0 aliphatic heterocycles. The molecule has 8 heteroatoms. The lowest BCUT2D eigenvalue weighted by Gasteiger charge is -2.09. The Morgan fingerprint density at radius 1 is 1.22 bits per heavy atom. The molecular weight excluding hydrogens is 364 g/mol. The molecule has 3 rings (SSSR count). The Labute approximate surface area is 160 Å². The van der Waals surface area contributed by atoms with Crippen LogP contribution in [0.25, 0.3) is 11.3 Å². The first-order valence-corrected chi connectivity index (χ1v) is 9.46. The van der Waals surface area contributed by atoms with Crippen LogP contribution in [0.2, 0.25) is 0 Å². The lowest BCUT2D eigenvalue weighted by molar-refractivity contribution is 0.0947. The number of rotatable bonds is 7. The van der Waals surface area contributed by atoms with Crippen molar-refractivity contribution in [2.75, 3.05) is 13.2 Å². The number of ether oxygens (including phenoxy) is 1. The van der Waals surface area contributed by atoms with E-state index in [0.717, 1.165) is 16.3 Å². The van der Waals surface area contributed by atoms with E-state index in [2.05, 4.69) is 15.4 Å². The maximum Gasteiger partial charge on any atom is 0.270 e. The van der Waals surface area contributed by atoms with Gasteiger partial charge in [-0.15, -0.1) is 11.3 Å². The van der Waals surface area contributed by atoms with Crippen molar-refractivity contribution in [1.29, 1.82) is 0 Å². The average molecular weight is 384 g/mol. The van der Waals surface area contributed by atoms with Gasteiger partial charge in [0.1, 0.15) is 11.4 Å². The third-order valence-corrected chi connectivity index (χ3v) is 4.56. The van der Waals surface area contributed by atoms with Gasteiger partial charge in [0.05, 0.1) is 23.9 Å². The highest BCUT2D eigenvalue weighted by Crippen LogP contribution is 2.19. The number of benzene rings is 1. The average Bonchev–Trinajstić information content (AvgIpc) is 3.11. The number of nitrogens with one attached hydrogen (secondary N) is 1. The molecule has 1 amide bonds. The molecule has 0 saturated carbocycles. The van der Waals surface area contributed by atoms with E-state index in [1.54, 1.807) is 11.4 Å². The molecule has 0 bridgehead atoms. The molecule has 1 N–H and O–H groups in total. The van der Waals surface area contributed by atoms with Gasteiger partial charge >= 0.3 is 0 Å². The van der Waals surface area contributed by atoms with Crippen molar-refractivity contribution in [1.82, 2.24) is 20.1 Å². The molecule has 0 spiro atoms. The Hall–Kier alpha value is -3.00. The second-order valence-electron chi connectivity index (χ2n) is 5.75. The van der Waals surface area contributed by atoms with Gasteiger partial charge in [0, 0.05) is 23.6 Å². The van der Waals surface area contributed by atoms with Crippen molar-refractivity contribution < 1.29 is 9.53 Å². The van der Waals surface area contributed by atoms with Crippen molar-refractivity contribution in [3.63, 3.8) is 0 Å². The van der Waals surface area contributed by atoms with Gasteiger partial charge < -0.3 is 10.1 Å². The minimum atomic E-state index is -0.255. The van der Waals surface area contributed by atoms with E-state index in [-0.39, 0.29) is 24.6 Å². The van der Waals surface area contributed by atoms with Gasteiger partial charge in [0.15, 0.2) is 0 Å². The largest absolute Gasteiger partial charge is 0.494 e.